The Morgan fingerprint density at radius 2 is 1.79 bits per heavy atom. The molecule has 1 heterocycles. The molecule has 5 heteroatoms. The summed E-state index contributed by atoms with van der Waals surface area (Å²) in [6.45, 7) is 0. The Balaban J connectivity index is 2.07. The minimum atomic E-state index is -0.428. The second-order valence-corrected chi connectivity index (χ2v) is 4.38. The number of nitrogens with zero attached hydrogens (tertiary/aromatic N) is 2. The maximum Gasteiger partial charge on any atom is 0.181 e. The molecule has 0 saturated heterocycles. The predicted molar refractivity (Wildman–Crippen MR) is 72.2 cm³/mol. The van der Waals surface area contributed by atoms with E-state index in [2.05, 4.69) is 15.2 Å². The minimum absolute atomic E-state index is 0.235. The van der Waals surface area contributed by atoms with E-state index < -0.39 is 5.82 Å². The molecule has 1 N–H and O–H groups in total. The molecule has 0 fully saturated rings. The van der Waals surface area contributed by atoms with Crippen LogP contribution >= 0.6 is 11.6 Å². The second kappa shape index (κ2) is 4.82. The lowest BCUT2D eigenvalue weighted by atomic mass is 10.2. The average molecular weight is 274 g/mol. The molecule has 19 heavy (non-hydrogen) atoms. The number of hydrogen-bond donors (Lipinski definition) is 1. The van der Waals surface area contributed by atoms with E-state index in [0.29, 0.717) is 16.7 Å². The lowest BCUT2D eigenvalue weighted by molar-refractivity contribution is 0.630. The van der Waals surface area contributed by atoms with Gasteiger partial charge in [-0.05, 0) is 12.1 Å². The SMILES string of the molecule is Fc1cccc(Cl)c1-c1nc(-c2ccccc2)n[nH]1. The first-order chi connectivity index (χ1) is 9.25. The van der Waals surface area contributed by atoms with Crippen molar-refractivity contribution in [3.63, 3.8) is 0 Å². The third-order valence-corrected chi connectivity index (χ3v) is 3.03. The van der Waals surface area contributed by atoms with E-state index in [1.165, 1.54) is 6.07 Å². The molecule has 2 aromatic carbocycles. The van der Waals surface area contributed by atoms with Crippen molar-refractivity contribution in [3.05, 3.63) is 59.4 Å². The highest BCUT2D eigenvalue weighted by atomic mass is 35.5. The van der Waals surface area contributed by atoms with Gasteiger partial charge in [0, 0.05) is 5.56 Å². The molecule has 0 radical (unpaired) electrons. The predicted octanol–water partition coefficient (Wildman–Crippen LogP) is 3.93. The van der Waals surface area contributed by atoms with Crippen molar-refractivity contribution in [1.29, 1.82) is 0 Å². The van der Waals surface area contributed by atoms with Gasteiger partial charge in [-0.15, -0.1) is 0 Å². The Labute approximate surface area is 114 Å². The van der Waals surface area contributed by atoms with Crippen LogP contribution in [-0.4, -0.2) is 15.2 Å². The largest absolute Gasteiger partial charge is 0.259 e. The third-order valence-electron chi connectivity index (χ3n) is 2.72. The molecule has 3 rings (SSSR count). The molecule has 3 nitrogen and oxygen atoms in total. The molecule has 3 aromatic rings. The molecule has 0 atom stereocenters. The van der Waals surface area contributed by atoms with Crippen LogP contribution in [0.4, 0.5) is 4.39 Å². The van der Waals surface area contributed by atoms with Crippen molar-refractivity contribution in [3.8, 4) is 22.8 Å². The van der Waals surface area contributed by atoms with Crippen LogP contribution in [0, 0.1) is 5.82 Å². The molecule has 0 aliphatic heterocycles. The Bertz CT molecular complexity index is 689. The fraction of sp³-hybridized carbons (Fsp3) is 0. The standard InChI is InChI=1S/C14H9ClFN3/c15-10-7-4-8-11(16)12(10)14-17-13(18-19-14)9-5-2-1-3-6-9/h1-8H,(H,17,18,19). The fourth-order valence-electron chi connectivity index (χ4n) is 1.81. The van der Waals surface area contributed by atoms with Gasteiger partial charge in [0.1, 0.15) is 5.82 Å². The third kappa shape index (κ3) is 2.22. The highest BCUT2D eigenvalue weighted by Crippen LogP contribution is 2.28. The van der Waals surface area contributed by atoms with Crippen LogP contribution in [0.15, 0.2) is 48.5 Å². The summed E-state index contributed by atoms with van der Waals surface area (Å²) in [6, 6.07) is 14.0. The normalized spacial score (nSPS) is 10.6. The Hall–Kier alpha value is -2.20. The van der Waals surface area contributed by atoms with Gasteiger partial charge in [-0.25, -0.2) is 9.37 Å². The first kappa shape index (κ1) is 11.9. The topological polar surface area (TPSA) is 41.6 Å². The quantitative estimate of drug-likeness (QED) is 0.768. The maximum absolute atomic E-state index is 13.8. The number of halogens is 2. The van der Waals surface area contributed by atoms with Gasteiger partial charge in [0.15, 0.2) is 11.6 Å². The van der Waals surface area contributed by atoms with E-state index in [4.69, 9.17) is 11.6 Å². The van der Waals surface area contributed by atoms with Crippen LogP contribution in [0.1, 0.15) is 0 Å². The Morgan fingerprint density at radius 1 is 1.00 bits per heavy atom. The zero-order chi connectivity index (χ0) is 13.2. The molecule has 94 valence electrons. The van der Waals surface area contributed by atoms with Gasteiger partial charge in [0.25, 0.3) is 0 Å². The van der Waals surface area contributed by atoms with Gasteiger partial charge in [0.05, 0.1) is 10.6 Å². The first-order valence-corrected chi connectivity index (χ1v) is 6.06. The number of H-pyrrole nitrogens is 1. The van der Waals surface area contributed by atoms with Gasteiger partial charge in [-0.1, -0.05) is 48.0 Å². The monoisotopic (exact) mass is 273 g/mol. The summed E-state index contributed by atoms with van der Waals surface area (Å²) in [6.07, 6.45) is 0. The van der Waals surface area contributed by atoms with Gasteiger partial charge in [-0.2, -0.15) is 5.10 Å². The van der Waals surface area contributed by atoms with Crippen molar-refractivity contribution in [2.75, 3.05) is 0 Å². The number of hydrogen-bond acceptors (Lipinski definition) is 2. The minimum Gasteiger partial charge on any atom is -0.259 e. The molecule has 0 amide bonds. The zero-order valence-corrected chi connectivity index (χ0v) is 10.5. The lowest BCUT2D eigenvalue weighted by Crippen LogP contribution is -1.88. The molecular formula is C14H9ClFN3. The van der Waals surface area contributed by atoms with E-state index in [0.717, 1.165) is 5.56 Å². The second-order valence-electron chi connectivity index (χ2n) is 3.97. The highest BCUT2D eigenvalue weighted by molar-refractivity contribution is 6.33. The summed E-state index contributed by atoms with van der Waals surface area (Å²) in [5.74, 6) is 0.403. The fourth-order valence-corrected chi connectivity index (χ4v) is 2.07. The van der Waals surface area contributed by atoms with Crippen molar-refractivity contribution in [2.24, 2.45) is 0 Å². The van der Waals surface area contributed by atoms with E-state index in [9.17, 15) is 4.39 Å². The molecule has 0 unspecified atom stereocenters. The van der Waals surface area contributed by atoms with Crippen LogP contribution in [0.3, 0.4) is 0 Å². The number of rotatable bonds is 2. The zero-order valence-electron chi connectivity index (χ0n) is 9.77. The molecule has 0 spiro atoms. The smallest absolute Gasteiger partial charge is 0.181 e. The average Bonchev–Trinajstić information content (AvgIpc) is 2.89. The number of aromatic amines is 1. The number of aromatic nitrogens is 3. The van der Waals surface area contributed by atoms with Gasteiger partial charge < -0.3 is 0 Å². The van der Waals surface area contributed by atoms with Crippen LogP contribution in [-0.2, 0) is 0 Å². The molecule has 0 aliphatic carbocycles. The summed E-state index contributed by atoms with van der Waals surface area (Å²) >= 11 is 5.99. The number of benzene rings is 2. The Kier molecular flexibility index (Phi) is 3.01. The van der Waals surface area contributed by atoms with Crippen LogP contribution in [0.25, 0.3) is 22.8 Å². The van der Waals surface area contributed by atoms with Crippen molar-refractivity contribution >= 4 is 11.6 Å². The van der Waals surface area contributed by atoms with Crippen LogP contribution in [0.2, 0.25) is 5.02 Å². The maximum atomic E-state index is 13.8. The van der Waals surface area contributed by atoms with E-state index in [1.54, 1.807) is 12.1 Å². The summed E-state index contributed by atoms with van der Waals surface area (Å²) < 4.78 is 13.8. The molecule has 1 aromatic heterocycles. The Morgan fingerprint density at radius 3 is 2.53 bits per heavy atom. The van der Waals surface area contributed by atoms with Crippen LogP contribution in [0.5, 0.6) is 0 Å². The highest BCUT2D eigenvalue weighted by Gasteiger charge is 2.14. The van der Waals surface area contributed by atoms with E-state index in [-0.39, 0.29) is 5.56 Å². The lowest BCUT2D eigenvalue weighted by Gasteiger charge is -2.00. The summed E-state index contributed by atoms with van der Waals surface area (Å²) in [7, 11) is 0. The van der Waals surface area contributed by atoms with Gasteiger partial charge >= 0.3 is 0 Å². The van der Waals surface area contributed by atoms with Gasteiger partial charge in [-0.3, -0.25) is 5.10 Å². The summed E-state index contributed by atoms with van der Waals surface area (Å²) in [5, 5.41) is 7.10. The molecule has 0 saturated carbocycles. The van der Waals surface area contributed by atoms with E-state index >= 15 is 0 Å². The first-order valence-electron chi connectivity index (χ1n) is 5.68. The van der Waals surface area contributed by atoms with Crippen molar-refractivity contribution in [1.82, 2.24) is 15.2 Å². The van der Waals surface area contributed by atoms with Crippen LogP contribution < -0.4 is 0 Å². The number of nitrogens with one attached hydrogen (secondary N) is 1. The van der Waals surface area contributed by atoms with Crippen molar-refractivity contribution in [2.45, 2.75) is 0 Å². The van der Waals surface area contributed by atoms with Gasteiger partial charge in [0.2, 0.25) is 0 Å². The summed E-state index contributed by atoms with van der Waals surface area (Å²) in [4.78, 5) is 4.28. The summed E-state index contributed by atoms with van der Waals surface area (Å²) in [5.41, 5.74) is 1.09. The van der Waals surface area contributed by atoms with Crippen molar-refractivity contribution < 1.29 is 4.39 Å². The molecular weight excluding hydrogens is 265 g/mol. The molecule has 0 bridgehead atoms. The molecule has 0 aliphatic rings. The van der Waals surface area contributed by atoms with E-state index in [1.807, 2.05) is 30.3 Å².